The molecule has 272 valence electrons. The lowest BCUT2D eigenvalue weighted by Gasteiger charge is -2.43. The van der Waals surface area contributed by atoms with Gasteiger partial charge >= 0.3 is 23.9 Å². The molecule has 0 radical (unpaired) electrons. The second-order valence-corrected chi connectivity index (χ2v) is 13.6. The fourth-order valence-corrected chi connectivity index (χ4v) is 7.19. The van der Waals surface area contributed by atoms with Crippen LogP contribution >= 0.6 is 0 Å². The molecule has 0 spiro atoms. The van der Waals surface area contributed by atoms with E-state index in [2.05, 4.69) is 6.58 Å². The minimum atomic E-state index is -2.82. The highest BCUT2D eigenvalue weighted by Crippen LogP contribution is 2.52. The lowest BCUT2D eigenvalue weighted by Crippen LogP contribution is -2.62. The van der Waals surface area contributed by atoms with Crippen LogP contribution in [-0.2, 0) is 42.9 Å². The highest BCUT2D eigenvalue weighted by Gasteiger charge is 2.73. The van der Waals surface area contributed by atoms with Crippen molar-refractivity contribution in [2.75, 3.05) is 0 Å². The Morgan fingerprint density at radius 2 is 1.27 bits per heavy atom. The zero-order valence-electron chi connectivity index (χ0n) is 28.6. The van der Waals surface area contributed by atoms with E-state index in [9.17, 15) is 44.1 Å². The highest BCUT2D eigenvalue weighted by atomic mass is 16.6. The van der Waals surface area contributed by atoms with Gasteiger partial charge in [0.15, 0.2) is 23.8 Å². The van der Waals surface area contributed by atoms with E-state index in [1.54, 1.807) is 12.1 Å². The lowest BCUT2D eigenvalue weighted by molar-refractivity contribution is -0.193. The van der Waals surface area contributed by atoms with Crippen LogP contribution in [0.1, 0.15) is 55.3 Å². The normalized spacial score (nSPS) is 34.5. The number of fused-ring (bicyclic) bond motifs is 2. The molecule has 51 heavy (non-hydrogen) atoms. The first kappa shape index (κ1) is 37.5. The van der Waals surface area contributed by atoms with Crippen molar-refractivity contribution in [3.8, 4) is 0 Å². The molecule has 2 aromatic carbocycles. The number of aliphatic hydroxyl groups is 3. The Bertz CT molecular complexity index is 1720. The zero-order chi connectivity index (χ0) is 37.6. The third-order valence-electron chi connectivity index (χ3n) is 9.83. The minimum Gasteiger partial charge on any atom is -0.459 e. The Hall–Kier alpha value is -4.76. The predicted molar refractivity (Wildman–Crippen MR) is 174 cm³/mol. The molecule has 0 unspecified atom stereocenters. The molecule has 5 rings (SSSR count). The number of carbonyl (C=O) groups excluding carboxylic acids is 6. The maximum absolute atomic E-state index is 14.8. The summed E-state index contributed by atoms with van der Waals surface area (Å²) in [4.78, 5) is 81.6. The van der Waals surface area contributed by atoms with Crippen LogP contribution in [0.4, 0.5) is 0 Å². The number of hydrogen-bond donors (Lipinski definition) is 3. The smallest absolute Gasteiger partial charge is 0.338 e. The van der Waals surface area contributed by atoms with Crippen LogP contribution in [0.15, 0.2) is 72.8 Å². The maximum Gasteiger partial charge on any atom is 0.338 e. The molecule has 3 fully saturated rings. The lowest BCUT2D eigenvalue weighted by atomic mass is 9.70. The number of epoxide rings is 1. The molecule has 2 saturated carbocycles. The van der Waals surface area contributed by atoms with E-state index >= 15 is 0 Å². The van der Waals surface area contributed by atoms with Crippen LogP contribution in [0.25, 0.3) is 0 Å². The molecule has 3 aliphatic rings. The van der Waals surface area contributed by atoms with Gasteiger partial charge in [0.2, 0.25) is 5.60 Å². The summed E-state index contributed by atoms with van der Waals surface area (Å²) in [5, 5.41) is 35.0. The summed E-state index contributed by atoms with van der Waals surface area (Å²) in [6.45, 7) is 10.2. The molecule has 14 heteroatoms. The van der Waals surface area contributed by atoms with Crippen molar-refractivity contribution < 1.29 is 67.8 Å². The summed E-state index contributed by atoms with van der Waals surface area (Å²) >= 11 is 0. The van der Waals surface area contributed by atoms with Gasteiger partial charge in [-0.3, -0.25) is 19.2 Å². The van der Waals surface area contributed by atoms with Gasteiger partial charge in [-0.1, -0.05) is 63.7 Å². The van der Waals surface area contributed by atoms with E-state index in [-0.39, 0.29) is 11.1 Å². The van der Waals surface area contributed by atoms with Gasteiger partial charge in [-0.05, 0) is 24.3 Å². The summed E-state index contributed by atoms with van der Waals surface area (Å²) in [5.41, 5.74) is -4.93. The molecule has 0 bridgehead atoms. The minimum absolute atomic E-state index is 0.00140. The van der Waals surface area contributed by atoms with E-state index in [0.717, 1.165) is 13.8 Å². The standard InChI is InChI=1S/C37H40O14/c1-17-26(49-34(45)21-13-9-7-10-14-21)23-29(47-19(3)38)25(41)32(44)37(23,51-20(4)39)30(42)18(2)28-33(48-28)36(5,6)31(43)24(40)27(17)50-35(46)22-15-11-8-12-16-22/h7-16,18,23-29,32-33,40-41,44H,1H2,2-6H3/t18-,23-,24+,25-,26-,27-,28-,29-,32-,33+,37+/m0/s1. The maximum atomic E-state index is 14.8. The van der Waals surface area contributed by atoms with Gasteiger partial charge < -0.3 is 39.0 Å². The number of ether oxygens (including phenoxy) is 5. The third kappa shape index (κ3) is 6.71. The first-order valence-electron chi connectivity index (χ1n) is 16.3. The summed E-state index contributed by atoms with van der Waals surface area (Å²) in [6, 6.07) is 14.9. The van der Waals surface area contributed by atoms with Crippen molar-refractivity contribution >= 4 is 35.4 Å². The number of rotatable bonds is 6. The molecule has 2 aromatic rings. The van der Waals surface area contributed by atoms with E-state index in [0.29, 0.717) is 0 Å². The second kappa shape index (κ2) is 14.1. The quantitative estimate of drug-likeness (QED) is 0.168. The summed E-state index contributed by atoms with van der Waals surface area (Å²) in [7, 11) is 0. The first-order chi connectivity index (χ1) is 23.9. The fraction of sp³-hybridized carbons (Fsp3) is 0.459. The molecule has 1 aliphatic heterocycles. The molecule has 2 aliphatic carbocycles. The average Bonchev–Trinajstić information content (AvgIpc) is 3.89. The number of esters is 4. The highest BCUT2D eigenvalue weighted by molar-refractivity contribution is 5.96. The summed E-state index contributed by atoms with van der Waals surface area (Å²) < 4.78 is 28.7. The van der Waals surface area contributed by atoms with Gasteiger partial charge in [0, 0.05) is 25.3 Å². The van der Waals surface area contributed by atoms with E-state index < -0.39 is 113 Å². The van der Waals surface area contributed by atoms with Crippen molar-refractivity contribution in [1.29, 1.82) is 0 Å². The van der Waals surface area contributed by atoms with Crippen molar-refractivity contribution in [2.24, 2.45) is 17.3 Å². The van der Waals surface area contributed by atoms with Crippen LogP contribution in [-0.4, -0.2) is 105 Å². The molecular weight excluding hydrogens is 668 g/mol. The zero-order valence-corrected chi connectivity index (χ0v) is 28.6. The second-order valence-electron chi connectivity index (χ2n) is 13.6. The van der Waals surface area contributed by atoms with E-state index in [1.807, 2.05) is 0 Å². The number of aliphatic hydroxyl groups excluding tert-OH is 3. The molecule has 11 atom stereocenters. The molecule has 14 nitrogen and oxygen atoms in total. The number of carbonyl (C=O) groups is 6. The van der Waals surface area contributed by atoms with Gasteiger partial charge in [-0.2, -0.15) is 0 Å². The van der Waals surface area contributed by atoms with Crippen LogP contribution in [0, 0.1) is 17.3 Å². The molecule has 0 aromatic heterocycles. The van der Waals surface area contributed by atoms with Crippen molar-refractivity contribution in [2.45, 2.75) is 89.1 Å². The Kier molecular flexibility index (Phi) is 10.4. The van der Waals surface area contributed by atoms with Gasteiger partial charge in [0.1, 0.15) is 24.4 Å². The predicted octanol–water partition coefficient (Wildman–Crippen LogP) is 1.52. The van der Waals surface area contributed by atoms with Crippen molar-refractivity contribution in [3.63, 3.8) is 0 Å². The largest absolute Gasteiger partial charge is 0.459 e. The molecule has 1 saturated heterocycles. The van der Waals surface area contributed by atoms with Gasteiger partial charge in [-0.25, -0.2) is 9.59 Å². The number of benzene rings is 2. The molecule has 3 N–H and O–H groups in total. The monoisotopic (exact) mass is 708 g/mol. The topological polar surface area (TPSA) is 213 Å². The molecule has 0 amide bonds. The van der Waals surface area contributed by atoms with E-state index in [4.69, 9.17) is 23.7 Å². The summed E-state index contributed by atoms with van der Waals surface area (Å²) in [6.07, 6.45) is -14.7. The van der Waals surface area contributed by atoms with Crippen molar-refractivity contribution in [1.82, 2.24) is 0 Å². The Balaban J connectivity index is 1.79. The summed E-state index contributed by atoms with van der Waals surface area (Å²) in [5.74, 6) is -9.40. The van der Waals surface area contributed by atoms with Crippen LogP contribution in [0.2, 0.25) is 0 Å². The Labute approximate surface area is 293 Å². The Morgan fingerprint density at radius 3 is 1.76 bits per heavy atom. The van der Waals surface area contributed by atoms with Gasteiger partial charge in [0.25, 0.3) is 0 Å². The van der Waals surface area contributed by atoms with Crippen LogP contribution < -0.4 is 0 Å². The first-order valence-corrected chi connectivity index (χ1v) is 16.3. The Morgan fingerprint density at radius 1 is 0.765 bits per heavy atom. The van der Waals surface area contributed by atoms with Crippen LogP contribution in [0.5, 0.6) is 0 Å². The average molecular weight is 709 g/mol. The SMILES string of the molecule is C=C1[C@H](OC(=O)c2ccccc2)[C@H]2[C@H](OC(C)=O)[C@H](O)[C@H](O)[C@]2(OC(C)=O)C(=O)[C@@H](C)[C@@H]2O[C@H]2C(C)(C)C(=O)[C@H](O)[C@H]1OC(=O)c1ccccc1. The molecular formula is C37H40O14. The van der Waals surface area contributed by atoms with Crippen molar-refractivity contribution in [3.05, 3.63) is 83.9 Å². The van der Waals surface area contributed by atoms with Gasteiger partial charge in [0.05, 0.1) is 34.7 Å². The van der Waals surface area contributed by atoms with E-state index in [1.165, 1.54) is 69.3 Å². The third-order valence-corrected chi connectivity index (χ3v) is 9.83. The van der Waals surface area contributed by atoms with Gasteiger partial charge in [-0.15, -0.1) is 0 Å². The number of hydrogen-bond acceptors (Lipinski definition) is 14. The number of ketones is 2. The van der Waals surface area contributed by atoms with Crippen LogP contribution in [0.3, 0.4) is 0 Å². The molecule has 1 heterocycles. The fourth-order valence-electron chi connectivity index (χ4n) is 7.19. The number of Topliss-reactive ketones (excluding diaryl/α,β-unsaturated/α-hetero) is 2.